The molecule has 0 nitrogen and oxygen atoms in total. The van der Waals surface area contributed by atoms with Crippen molar-refractivity contribution in [3.8, 4) is 0 Å². The van der Waals surface area contributed by atoms with Crippen LogP contribution in [0.4, 0.5) is 0 Å². The Bertz CT molecular complexity index is 101. The average Bonchev–Trinajstić information content (AvgIpc) is 2.37. The van der Waals surface area contributed by atoms with E-state index in [0.717, 1.165) is 5.92 Å². The fraction of sp³-hybridized carbons (Fsp3) is 0.750. The lowest BCUT2D eigenvalue weighted by Crippen LogP contribution is -1.97. The van der Waals surface area contributed by atoms with E-state index in [4.69, 9.17) is 11.6 Å². The zero-order valence-electron chi connectivity index (χ0n) is 5.70. The number of allylic oxidation sites excluding steroid dienone is 1. The molecule has 0 heterocycles. The second-order valence-corrected chi connectivity index (χ2v) is 3.04. The molecule has 0 unspecified atom stereocenters. The highest BCUT2D eigenvalue weighted by molar-refractivity contribution is 6.19. The molecule has 52 valence electrons. The molecule has 0 N–H and O–H groups in total. The molecule has 1 fully saturated rings. The molecule has 1 saturated carbocycles. The average molecular weight is 145 g/mol. The van der Waals surface area contributed by atoms with E-state index in [1.807, 2.05) is 0 Å². The molecular weight excluding hydrogens is 132 g/mol. The second-order valence-electron chi connectivity index (χ2n) is 2.77. The minimum atomic E-state index is 0.657. The molecule has 1 aliphatic carbocycles. The van der Waals surface area contributed by atoms with Crippen LogP contribution in [-0.4, -0.2) is 5.88 Å². The molecule has 1 aliphatic rings. The van der Waals surface area contributed by atoms with Crippen LogP contribution in [0.3, 0.4) is 0 Å². The Morgan fingerprint density at radius 1 is 1.44 bits per heavy atom. The molecule has 0 bridgehead atoms. The first-order chi connectivity index (χ1) is 4.34. The first-order valence-corrected chi connectivity index (χ1v) is 4.11. The Morgan fingerprint density at radius 3 is 2.44 bits per heavy atom. The summed E-state index contributed by atoms with van der Waals surface area (Å²) in [6, 6.07) is 0. The van der Waals surface area contributed by atoms with E-state index in [0.29, 0.717) is 5.88 Å². The van der Waals surface area contributed by atoms with Crippen molar-refractivity contribution in [2.24, 2.45) is 5.92 Å². The van der Waals surface area contributed by atoms with Gasteiger partial charge in [-0.3, -0.25) is 0 Å². The van der Waals surface area contributed by atoms with E-state index >= 15 is 0 Å². The maximum Gasteiger partial charge on any atom is 0.0433 e. The fourth-order valence-electron chi connectivity index (χ4n) is 1.44. The van der Waals surface area contributed by atoms with Gasteiger partial charge in [-0.1, -0.05) is 25.0 Å². The smallest absolute Gasteiger partial charge is 0.0433 e. The normalized spacial score (nSPS) is 20.6. The number of hydrogen-bond acceptors (Lipinski definition) is 0. The molecule has 0 aromatic carbocycles. The molecule has 1 heteroatoms. The van der Waals surface area contributed by atoms with Gasteiger partial charge in [-0.05, 0) is 18.8 Å². The predicted molar refractivity (Wildman–Crippen MR) is 41.8 cm³/mol. The van der Waals surface area contributed by atoms with Gasteiger partial charge in [0.15, 0.2) is 0 Å². The highest BCUT2D eigenvalue weighted by atomic mass is 35.5. The van der Waals surface area contributed by atoms with Crippen LogP contribution in [0.2, 0.25) is 0 Å². The summed E-state index contributed by atoms with van der Waals surface area (Å²) in [6.45, 7) is 3.92. The number of hydrogen-bond donors (Lipinski definition) is 0. The predicted octanol–water partition coefficient (Wildman–Crippen LogP) is 2.97. The summed E-state index contributed by atoms with van der Waals surface area (Å²) >= 11 is 5.63. The second kappa shape index (κ2) is 3.26. The Labute approximate surface area is 61.9 Å². The van der Waals surface area contributed by atoms with Gasteiger partial charge in [-0.15, -0.1) is 11.6 Å². The van der Waals surface area contributed by atoms with Gasteiger partial charge in [0.25, 0.3) is 0 Å². The third kappa shape index (κ3) is 1.72. The number of halogens is 1. The van der Waals surface area contributed by atoms with Crippen molar-refractivity contribution in [3.63, 3.8) is 0 Å². The summed E-state index contributed by atoms with van der Waals surface area (Å²) < 4.78 is 0. The van der Waals surface area contributed by atoms with Crippen LogP contribution in [0.1, 0.15) is 25.7 Å². The van der Waals surface area contributed by atoms with Crippen LogP contribution in [0.5, 0.6) is 0 Å². The molecule has 0 radical (unpaired) electrons. The molecule has 1 rings (SSSR count). The molecule has 0 amide bonds. The van der Waals surface area contributed by atoms with Crippen molar-refractivity contribution >= 4 is 11.6 Å². The molecule has 0 atom stereocenters. The SMILES string of the molecule is C=C(CCl)C1CCCC1. The Kier molecular flexibility index (Phi) is 2.59. The highest BCUT2D eigenvalue weighted by Gasteiger charge is 2.16. The molecule has 9 heavy (non-hydrogen) atoms. The van der Waals surface area contributed by atoms with Crippen molar-refractivity contribution in [3.05, 3.63) is 12.2 Å². The molecule has 0 aliphatic heterocycles. The van der Waals surface area contributed by atoms with E-state index in [1.54, 1.807) is 0 Å². The van der Waals surface area contributed by atoms with Gasteiger partial charge in [0.2, 0.25) is 0 Å². The van der Waals surface area contributed by atoms with Crippen LogP contribution in [-0.2, 0) is 0 Å². The molecular formula is C8H13Cl. The molecule has 0 aromatic rings. The van der Waals surface area contributed by atoms with Crippen molar-refractivity contribution in [2.75, 3.05) is 5.88 Å². The monoisotopic (exact) mass is 144 g/mol. The summed E-state index contributed by atoms with van der Waals surface area (Å²) in [4.78, 5) is 0. The lowest BCUT2D eigenvalue weighted by atomic mass is 10.0. The first kappa shape index (κ1) is 7.14. The van der Waals surface area contributed by atoms with E-state index in [-0.39, 0.29) is 0 Å². The van der Waals surface area contributed by atoms with E-state index in [1.165, 1.54) is 31.3 Å². The third-order valence-electron chi connectivity index (χ3n) is 2.10. The van der Waals surface area contributed by atoms with Crippen LogP contribution in [0.25, 0.3) is 0 Å². The van der Waals surface area contributed by atoms with Gasteiger partial charge in [0.1, 0.15) is 0 Å². The lowest BCUT2D eigenvalue weighted by Gasteiger charge is -2.07. The summed E-state index contributed by atoms with van der Waals surface area (Å²) in [7, 11) is 0. The Hall–Kier alpha value is 0.0300. The summed E-state index contributed by atoms with van der Waals surface area (Å²) in [5, 5.41) is 0. The van der Waals surface area contributed by atoms with Crippen molar-refractivity contribution in [2.45, 2.75) is 25.7 Å². The highest BCUT2D eigenvalue weighted by Crippen LogP contribution is 2.30. The van der Waals surface area contributed by atoms with Crippen molar-refractivity contribution < 1.29 is 0 Å². The van der Waals surface area contributed by atoms with Crippen LogP contribution in [0, 0.1) is 5.92 Å². The van der Waals surface area contributed by atoms with Gasteiger partial charge in [-0.2, -0.15) is 0 Å². The minimum absolute atomic E-state index is 0.657. The molecule has 0 aromatic heterocycles. The van der Waals surface area contributed by atoms with Gasteiger partial charge in [-0.25, -0.2) is 0 Å². The quantitative estimate of drug-likeness (QED) is 0.413. The standard InChI is InChI=1S/C8H13Cl/c1-7(6-9)8-4-2-3-5-8/h8H,1-6H2. The first-order valence-electron chi connectivity index (χ1n) is 3.58. The minimum Gasteiger partial charge on any atom is -0.122 e. The summed E-state index contributed by atoms with van der Waals surface area (Å²) in [5.41, 5.74) is 1.24. The van der Waals surface area contributed by atoms with E-state index in [2.05, 4.69) is 6.58 Å². The van der Waals surface area contributed by atoms with E-state index < -0.39 is 0 Å². The zero-order valence-corrected chi connectivity index (χ0v) is 6.45. The maximum absolute atomic E-state index is 5.63. The van der Waals surface area contributed by atoms with Crippen LogP contribution >= 0.6 is 11.6 Å². The van der Waals surface area contributed by atoms with Crippen LogP contribution in [0.15, 0.2) is 12.2 Å². The lowest BCUT2D eigenvalue weighted by molar-refractivity contribution is 0.647. The number of alkyl halides is 1. The van der Waals surface area contributed by atoms with Gasteiger partial charge < -0.3 is 0 Å². The Morgan fingerprint density at radius 2 is 2.00 bits per heavy atom. The van der Waals surface area contributed by atoms with Crippen molar-refractivity contribution in [1.82, 2.24) is 0 Å². The summed E-state index contributed by atoms with van der Waals surface area (Å²) in [5.74, 6) is 1.41. The zero-order chi connectivity index (χ0) is 6.69. The largest absolute Gasteiger partial charge is 0.122 e. The topological polar surface area (TPSA) is 0 Å². The van der Waals surface area contributed by atoms with Gasteiger partial charge in [0.05, 0.1) is 0 Å². The molecule has 0 spiro atoms. The van der Waals surface area contributed by atoms with Gasteiger partial charge in [0, 0.05) is 5.88 Å². The van der Waals surface area contributed by atoms with Crippen molar-refractivity contribution in [1.29, 1.82) is 0 Å². The third-order valence-corrected chi connectivity index (χ3v) is 2.45. The molecule has 0 saturated heterocycles. The fourth-order valence-corrected chi connectivity index (χ4v) is 1.66. The maximum atomic E-state index is 5.63. The van der Waals surface area contributed by atoms with E-state index in [9.17, 15) is 0 Å². The van der Waals surface area contributed by atoms with Crippen LogP contribution < -0.4 is 0 Å². The van der Waals surface area contributed by atoms with Gasteiger partial charge >= 0.3 is 0 Å². The number of rotatable bonds is 2. The Balaban J connectivity index is 2.32. The summed E-state index contributed by atoms with van der Waals surface area (Å²) in [6.07, 6.45) is 5.40.